The van der Waals surface area contributed by atoms with Crippen molar-refractivity contribution in [3.63, 3.8) is 0 Å². The van der Waals surface area contributed by atoms with E-state index in [9.17, 15) is 4.79 Å². The second-order valence-corrected chi connectivity index (χ2v) is 6.96. The van der Waals surface area contributed by atoms with Crippen molar-refractivity contribution >= 4 is 35.1 Å². The van der Waals surface area contributed by atoms with E-state index in [-0.39, 0.29) is 12.5 Å². The number of amides is 1. The Bertz CT molecular complexity index is 420. The van der Waals surface area contributed by atoms with Crippen LogP contribution in [-0.4, -0.2) is 30.6 Å². The monoisotopic (exact) mass is 297 g/mol. The van der Waals surface area contributed by atoms with Crippen LogP contribution in [0.15, 0.2) is 24.3 Å². The first-order chi connectivity index (χ1) is 9.29. The van der Waals surface area contributed by atoms with Crippen LogP contribution in [0.2, 0.25) is 0 Å². The SMILES string of the molecule is CCOCC(=O)Nc1cccc(C2SCCCS2)c1. The molecule has 0 aliphatic carbocycles. The Morgan fingerprint density at radius 2 is 2.21 bits per heavy atom. The second kappa shape index (κ2) is 7.82. The van der Waals surface area contributed by atoms with Gasteiger partial charge in [-0.25, -0.2) is 0 Å². The minimum Gasteiger partial charge on any atom is -0.372 e. The molecule has 2 rings (SSSR count). The summed E-state index contributed by atoms with van der Waals surface area (Å²) >= 11 is 3.97. The molecule has 0 saturated carbocycles. The zero-order chi connectivity index (χ0) is 13.5. The van der Waals surface area contributed by atoms with Gasteiger partial charge in [0.15, 0.2) is 0 Å². The van der Waals surface area contributed by atoms with Gasteiger partial charge >= 0.3 is 0 Å². The molecule has 0 atom stereocenters. The Morgan fingerprint density at radius 1 is 1.42 bits per heavy atom. The molecule has 0 bridgehead atoms. The van der Waals surface area contributed by atoms with Gasteiger partial charge in [-0.2, -0.15) is 0 Å². The number of benzene rings is 1. The van der Waals surface area contributed by atoms with Crippen LogP contribution in [0.5, 0.6) is 0 Å². The summed E-state index contributed by atoms with van der Waals surface area (Å²) in [5.41, 5.74) is 2.14. The zero-order valence-corrected chi connectivity index (χ0v) is 12.7. The van der Waals surface area contributed by atoms with Gasteiger partial charge < -0.3 is 10.1 Å². The molecule has 0 aromatic heterocycles. The number of carbonyl (C=O) groups excluding carboxylic acids is 1. The van der Waals surface area contributed by atoms with Crippen LogP contribution in [0.4, 0.5) is 5.69 Å². The molecule has 0 radical (unpaired) electrons. The maximum atomic E-state index is 11.6. The third-order valence-corrected chi connectivity index (χ3v) is 5.72. The number of rotatable bonds is 5. The lowest BCUT2D eigenvalue weighted by Crippen LogP contribution is -2.18. The molecular weight excluding hydrogens is 278 g/mol. The molecule has 1 heterocycles. The first kappa shape index (κ1) is 14.8. The highest BCUT2D eigenvalue weighted by Crippen LogP contribution is 2.43. The average molecular weight is 297 g/mol. The van der Waals surface area contributed by atoms with Crippen molar-refractivity contribution in [3.8, 4) is 0 Å². The molecule has 0 spiro atoms. The van der Waals surface area contributed by atoms with Gasteiger partial charge in [-0.3, -0.25) is 4.79 Å². The molecule has 1 aromatic rings. The van der Waals surface area contributed by atoms with Crippen molar-refractivity contribution in [1.82, 2.24) is 0 Å². The summed E-state index contributed by atoms with van der Waals surface area (Å²) in [5.74, 6) is 2.35. The van der Waals surface area contributed by atoms with E-state index >= 15 is 0 Å². The van der Waals surface area contributed by atoms with Gasteiger partial charge in [0, 0.05) is 12.3 Å². The first-order valence-corrected chi connectivity index (χ1v) is 8.60. The molecule has 1 aliphatic heterocycles. The van der Waals surface area contributed by atoms with E-state index in [2.05, 4.69) is 17.4 Å². The summed E-state index contributed by atoms with van der Waals surface area (Å²) in [5, 5.41) is 2.87. The van der Waals surface area contributed by atoms with Crippen LogP contribution in [0.3, 0.4) is 0 Å². The van der Waals surface area contributed by atoms with Crippen LogP contribution in [-0.2, 0) is 9.53 Å². The summed E-state index contributed by atoms with van der Waals surface area (Å²) in [4.78, 5) is 11.6. The van der Waals surface area contributed by atoms with Gasteiger partial charge in [-0.05, 0) is 42.5 Å². The molecule has 1 N–H and O–H groups in total. The largest absolute Gasteiger partial charge is 0.372 e. The fourth-order valence-corrected chi connectivity index (χ4v) is 4.71. The fraction of sp³-hybridized carbons (Fsp3) is 0.500. The second-order valence-electron chi connectivity index (χ2n) is 4.24. The summed E-state index contributed by atoms with van der Waals surface area (Å²) < 4.78 is 5.59. The van der Waals surface area contributed by atoms with Gasteiger partial charge in [0.05, 0.1) is 4.58 Å². The molecule has 0 unspecified atom stereocenters. The van der Waals surface area contributed by atoms with E-state index in [0.29, 0.717) is 11.2 Å². The van der Waals surface area contributed by atoms with E-state index < -0.39 is 0 Å². The Kier molecular flexibility index (Phi) is 6.07. The summed E-state index contributed by atoms with van der Waals surface area (Å²) in [6.45, 7) is 2.56. The molecular formula is C14H19NO2S2. The predicted octanol–water partition coefficient (Wildman–Crippen LogP) is 3.53. The highest BCUT2D eigenvalue weighted by Gasteiger charge is 2.16. The Labute approximate surface area is 122 Å². The van der Waals surface area contributed by atoms with Crippen molar-refractivity contribution in [2.24, 2.45) is 0 Å². The van der Waals surface area contributed by atoms with Crippen molar-refractivity contribution in [2.45, 2.75) is 17.9 Å². The summed E-state index contributed by atoms with van der Waals surface area (Å²) in [7, 11) is 0. The molecule has 5 heteroatoms. The average Bonchev–Trinajstić information content (AvgIpc) is 2.46. The maximum absolute atomic E-state index is 11.6. The van der Waals surface area contributed by atoms with Gasteiger partial charge in [0.2, 0.25) is 5.91 Å². The number of anilines is 1. The normalized spacial score (nSPS) is 16.3. The zero-order valence-electron chi connectivity index (χ0n) is 11.1. The van der Waals surface area contributed by atoms with Crippen LogP contribution < -0.4 is 5.32 Å². The van der Waals surface area contributed by atoms with E-state index in [1.165, 1.54) is 23.5 Å². The highest BCUT2D eigenvalue weighted by molar-refractivity contribution is 8.16. The minimum atomic E-state index is -0.0945. The Morgan fingerprint density at radius 3 is 2.95 bits per heavy atom. The van der Waals surface area contributed by atoms with E-state index in [1.54, 1.807) is 0 Å². The van der Waals surface area contributed by atoms with Crippen molar-refractivity contribution in [2.75, 3.05) is 30.0 Å². The fourth-order valence-electron chi connectivity index (χ4n) is 1.84. The molecule has 1 amide bonds. The molecule has 1 aliphatic rings. The summed E-state index contributed by atoms with van der Waals surface area (Å²) in [6.07, 6.45) is 1.29. The van der Waals surface area contributed by atoms with Crippen LogP contribution in [0.25, 0.3) is 0 Å². The summed E-state index contributed by atoms with van der Waals surface area (Å²) in [6, 6.07) is 8.13. The minimum absolute atomic E-state index is 0.0945. The quantitative estimate of drug-likeness (QED) is 0.902. The molecule has 1 aromatic carbocycles. The lowest BCUT2D eigenvalue weighted by molar-refractivity contribution is -0.120. The van der Waals surface area contributed by atoms with Crippen molar-refractivity contribution in [1.29, 1.82) is 0 Å². The van der Waals surface area contributed by atoms with Crippen LogP contribution >= 0.6 is 23.5 Å². The third-order valence-electron chi connectivity index (χ3n) is 2.71. The number of ether oxygens (including phenoxy) is 1. The maximum Gasteiger partial charge on any atom is 0.250 e. The number of carbonyl (C=O) groups is 1. The lowest BCUT2D eigenvalue weighted by Gasteiger charge is -2.21. The Balaban J connectivity index is 1.96. The highest BCUT2D eigenvalue weighted by atomic mass is 32.2. The first-order valence-electron chi connectivity index (χ1n) is 6.50. The molecule has 1 saturated heterocycles. The van der Waals surface area contributed by atoms with Crippen molar-refractivity contribution < 1.29 is 9.53 Å². The number of hydrogen-bond acceptors (Lipinski definition) is 4. The van der Waals surface area contributed by atoms with Crippen LogP contribution in [0.1, 0.15) is 23.5 Å². The molecule has 19 heavy (non-hydrogen) atoms. The van der Waals surface area contributed by atoms with Gasteiger partial charge in [0.1, 0.15) is 6.61 Å². The van der Waals surface area contributed by atoms with Gasteiger partial charge in [-0.1, -0.05) is 12.1 Å². The van der Waals surface area contributed by atoms with Gasteiger partial charge in [0.25, 0.3) is 0 Å². The van der Waals surface area contributed by atoms with Crippen LogP contribution in [0, 0.1) is 0 Å². The van der Waals surface area contributed by atoms with E-state index in [0.717, 1.165) is 5.69 Å². The predicted molar refractivity (Wildman–Crippen MR) is 83.8 cm³/mol. The smallest absolute Gasteiger partial charge is 0.250 e. The molecule has 3 nitrogen and oxygen atoms in total. The number of nitrogens with one attached hydrogen (secondary N) is 1. The number of thioether (sulfide) groups is 2. The molecule has 1 fully saturated rings. The van der Waals surface area contributed by atoms with Gasteiger partial charge in [-0.15, -0.1) is 23.5 Å². The third kappa shape index (κ3) is 4.75. The van der Waals surface area contributed by atoms with E-state index in [1.807, 2.05) is 42.6 Å². The topological polar surface area (TPSA) is 38.3 Å². The number of hydrogen-bond donors (Lipinski definition) is 1. The molecule has 104 valence electrons. The Hall–Kier alpha value is -0.650. The van der Waals surface area contributed by atoms with E-state index in [4.69, 9.17) is 4.74 Å². The van der Waals surface area contributed by atoms with Crippen molar-refractivity contribution in [3.05, 3.63) is 29.8 Å². The lowest BCUT2D eigenvalue weighted by atomic mass is 10.2. The standard InChI is InChI=1S/C14H19NO2S2/c1-2-17-10-13(16)15-12-6-3-5-11(9-12)14-18-7-4-8-19-14/h3,5-6,9,14H,2,4,7-8,10H2,1H3,(H,15,16).